The van der Waals surface area contributed by atoms with Gasteiger partial charge in [0.25, 0.3) is 0 Å². The van der Waals surface area contributed by atoms with Crippen LogP contribution in [0.5, 0.6) is 5.75 Å². The van der Waals surface area contributed by atoms with Gasteiger partial charge in [0.15, 0.2) is 0 Å². The molecule has 2 aromatic carbocycles. The van der Waals surface area contributed by atoms with Gasteiger partial charge in [-0.3, -0.25) is 0 Å². The second kappa shape index (κ2) is 6.67. The molecule has 2 aliphatic heterocycles. The standard InChI is InChI=1S/C20H22FNO3S/c21-18-7-5-16(6-8-18)15-26(23,24)22-13-11-20(12-14-22)10-9-17-3-1-2-4-19(17)25-20/h1-8H,9-15H2. The molecular weight excluding hydrogens is 353 g/mol. The van der Waals surface area contributed by atoms with Gasteiger partial charge in [-0.25, -0.2) is 17.1 Å². The number of benzene rings is 2. The maximum atomic E-state index is 13.0. The van der Waals surface area contributed by atoms with E-state index in [1.807, 2.05) is 18.2 Å². The number of para-hydroxylation sites is 1. The summed E-state index contributed by atoms with van der Waals surface area (Å²) in [6.07, 6.45) is 3.29. The third-order valence-electron chi connectivity index (χ3n) is 5.44. The fraction of sp³-hybridized carbons (Fsp3) is 0.400. The van der Waals surface area contributed by atoms with Crippen LogP contribution in [-0.4, -0.2) is 31.4 Å². The molecule has 1 spiro atoms. The highest BCUT2D eigenvalue weighted by atomic mass is 32.2. The van der Waals surface area contributed by atoms with Gasteiger partial charge in [-0.15, -0.1) is 0 Å². The molecule has 0 bridgehead atoms. The molecule has 0 amide bonds. The summed E-state index contributed by atoms with van der Waals surface area (Å²) < 4.78 is 46.2. The molecule has 0 radical (unpaired) electrons. The third kappa shape index (κ3) is 3.48. The fourth-order valence-electron chi connectivity index (χ4n) is 3.86. The number of rotatable bonds is 3. The van der Waals surface area contributed by atoms with Crippen molar-refractivity contribution in [3.8, 4) is 5.75 Å². The zero-order valence-corrected chi connectivity index (χ0v) is 15.3. The smallest absolute Gasteiger partial charge is 0.218 e. The number of ether oxygens (including phenoxy) is 1. The second-order valence-electron chi connectivity index (χ2n) is 7.17. The van der Waals surface area contributed by atoms with Gasteiger partial charge < -0.3 is 4.74 Å². The number of hydrogen-bond donors (Lipinski definition) is 0. The van der Waals surface area contributed by atoms with Crippen molar-refractivity contribution in [1.82, 2.24) is 4.31 Å². The van der Waals surface area contributed by atoms with Crippen molar-refractivity contribution in [3.63, 3.8) is 0 Å². The van der Waals surface area contributed by atoms with Crippen LogP contribution >= 0.6 is 0 Å². The number of sulfonamides is 1. The first kappa shape index (κ1) is 17.5. The van der Waals surface area contributed by atoms with E-state index in [1.54, 1.807) is 4.31 Å². The maximum absolute atomic E-state index is 13.0. The molecule has 1 fully saturated rings. The van der Waals surface area contributed by atoms with Gasteiger partial charge in [0.2, 0.25) is 10.0 Å². The summed E-state index contributed by atoms with van der Waals surface area (Å²) in [5.74, 6) is 0.478. The first-order chi connectivity index (χ1) is 12.5. The number of piperidine rings is 1. The lowest BCUT2D eigenvalue weighted by Crippen LogP contribution is -2.51. The topological polar surface area (TPSA) is 46.6 Å². The van der Waals surface area contributed by atoms with Crippen LogP contribution in [-0.2, 0) is 22.2 Å². The van der Waals surface area contributed by atoms with Gasteiger partial charge in [-0.1, -0.05) is 30.3 Å². The predicted molar refractivity (Wildman–Crippen MR) is 98.0 cm³/mol. The third-order valence-corrected chi connectivity index (χ3v) is 7.29. The summed E-state index contributed by atoms with van der Waals surface area (Å²) in [4.78, 5) is 0. The highest BCUT2D eigenvalue weighted by Crippen LogP contribution is 2.39. The number of halogens is 1. The van der Waals surface area contributed by atoms with Crippen LogP contribution in [0.1, 0.15) is 30.4 Å². The average molecular weight is 375 g/mol. The molecular formula is C20H22FNO3S. The van der Waals surface area contributed by atoms with Gasteiger partial charge in [0.05, 0.1) is 5.75 Å². The molecule has 0 atom stereocenters. The van der Waals surface area contributed by atoms with Crippen molar-refractivity contribution < 1.29 is 17.5 Å². The van der Waals surface area contributed by atoms with Crippen LogP contribution in [0.3, 0.4) is 0 Å². The van der Waals surface area contributed by atoms with Gasteiger partial charge in [-0.05, 0) is 42.2 Å². The van der Waals surface area contributed by atoms with Crippen LogP contribution in [0.15, 0.2) is 48.5 Å². The Labute approximate surface area is 153 Å². The van der Waals surface area contributed by atoms with E-state index in [0.29, 0.717) is 31.5 Å². The Bertz CT molecular complexity index is 888. The molecule has 1 saturated heterocycles. The van der Waals surface area contributed by atoms with Crippen LogP contribution in [0, 0.1) is 5.82 Å². The van der Waals surface area contributed by atoms with E-state index in [2.05, 4.69) is 6.07 Å². The summed E-state index contributed by atoms with van der Waals surface area (Å²) >= 11 is 0. The van der Waals surface area contributed by atoms with Crippen molar-refractivity contribution in [2.75, 3.05) is 13.1 Å². The minimum atomic E-state index is -3.41. The number of aryl methyl sites for hydroxylation is 1. The van der Waals surface area contributed by atoms with Gasteiger partial charge in [0.1, 0.15) is 17.2 Å². The zero-order chi connectivity index (χ0) is 18.2. The summed E-state index contributed by atoms with van der Waals surface area (Å²) in [7, 11) is -3.41. The van der Waals surface area contributed by atoms with Crippen molar-refractivity contribution in [2.24, 2.45) is 0 Å². The SMILES string of the molecule is O=S(=O)(Cc1ccc(F)cc1)N1CCC2(CCc3ccccc3O2)CC1. The quantitative estimate of drug-likeness (QED) is 0.825. The summed E-state index contributed by atoms with van der Waals surface area (Å²) in [6, 6.07) is 13.7. The van der Waals surface area contributed by atoms with Crippen molar-refractivity contribution >= 4 is 10.0 Å². The summed E-state index contributed by atoms with van der Waals surface area (Å²) in [5, 5.41) is 0. The van der Waals surface area contributed by atoms with E-state index in [-0.39, 0.29) is 17.2 Å². The van der Waals surface area contributed by atoms with E-state index in [9.17, 15) is 12.8 Å². The van der Waals surface area contributed by atoms with Crippen LogP contribution in [0.4, 0.5) is 4.39 Å². The minimum absolute atomic E-state index is 0.0933. The molecule has 0 aromatic heterocycles. The predicted octanol–water partition coefficient (Wildman–Crippen LogP) is 3.52. The van der Waals surface area contributed by atoms with Gasteiger partial charge in [0, 0.05) is 25.9 Å². The number of nitrogens with zero attached hydrogens (tertiary/aromatic N) is 1. The molecule has 0 N–H and O–H groups in total. The molecule has 0 aliphatic carbocycles. The summed E-state index contributed by atoms with van der Waals surface area (Å²) in [6.45, 7) is 0.928. The van der Waals surface area contributed by atoms with E-state index < -0.39 is 10.0 Å². The first-order valence-electron chi connectivity index (χ1n) is 8.95. The Morgan fingerprint density at radius 2 is 1.69 bits per heavy atom. The lowest BCUT2D eigenvalue weighted by molar-refractivity contribution is 0.00179. The van der Waals surface area contributed by atoms with E-state index >= 15 is 0 Å². The molecule has 0 unspecified atom stereocenters. The highest BCUT2D eigenvalue weighted by Gasteiger charge is 2.41. The Morgan fingerprint density at radius 1 is 1.00 bits per heavy atom. The van der Waals surface area contributed by atoms with Gasteiger partial charge in [-0.2, -0.15) is 0 Å². The monoisotopic (exact) mass is 375 g/mol. The highest BCUT2D eigenvalue weighted by molar-refractivity contribution is 7.88. The Morgan fingerprint density at radius 3 is 2.42 bits per heavy atom. The molecule has 2 heterocycles. The molecule has 26 heavy (non-hydrogen) atoms. The molecule has 0 saturated carbocycles. The molecule has 2 aliphatic rings. The zero-order valence-electron chi connectivity index (χ0n) is 14.5. The Hall–Kier alpha value is -1.92. The lowest BCUT2D eigenvalue weighted by atomic mass is 9.84. The molecule has 138 valence electrons. The fourth-order valence-corrected chi connectivity index (χ4v) is 5.40. The van der Waals surface area contributed by atoms with Crippen LogP contribution in [0.2, 0.25) is 0 Å². The van der Waals surface area contributed by atoms with E-state index in [1.165, 1.54) is 29.8 Å². The van der Waals surface area contributed by atoms with Crippen LogP contribution in [0.25, 0.3) is 0 Å². The molecule has 2 aromatic rings. The molecule has 4 nitrogen and oxygen atoms in total. The molecule has 6 heteroatoms. The summed E-state index contributed by atoms with van der Waals surface area (Å²) in [5.41, 5.74) is 1.58. The first-order valence-corrected chi connectivity index (χ1v) is 10.6. The Kier molecular flexibility index (Phi) is 4.49. The second-order valence-corrected chi connectivity index (χ2v) is 9.14. The van der Waals surface area contributed by atoms with E-state index in [0.717, 1.165) is 18.6 Å². The normalized spacial score (nSPS) is 19.7. The van der Waals surface area contributed by atoms with Crippen LogP contribution < -0.4 is 4.74 Å². The minimum Gasteiger partial charge on any atom is -0.487 e. The van der Waals surface area contributed by atoms with E-state index in [4.69, 9.17) is 4.74 Å². The van der Waals surface area contributed by atoms with Crippen molar-refractivity contribution in [3.05, 3.63) is 65.5 Å². The number of fused-ring (bicyclic) bond motifs is 1. The molecule has 4 rings (SSSR count). The average Bonchev–Trinajstić information content (AvgIpc) is 2.64. The largest absolute Gasteiger partial charge is 0.487 e. The lowest BCUT2D eigenvalue weighted by Gasteiger charge is -2.44. The van der Waals surface area contributed by atoms with Gasteiger partial charge >= 0.3 is 0 Å². The Balaban J connectivity index is 1.42. The van der Waals surface area contributed by atoms with Crippen molar-refractivity contribution in [1.29, 1.82) is 0 Å². The number of hydrogen-bond acceptors (Lipinski definition) is 3. The maximum Gasteiger partial charge on any atom is 0.218 e. The van der Waals surface area contributed by atoms with Crippen molar-refractivity contribution in [2.45, 2.75) is 37.0 Å².